The molecule has 4 aliphatic heterocycles. The van der Waals surface area contributed by atoms with E-state index in [1.54, 1.807) is 82.6 Å². The zero-order chi connectivity index (χ0) is 40.8. The average Bonchev–Trinajstić information content (AvgIpc) is 3.92. The van der Waals surface area contributed by atoms with E-state index in [4.69, 9.17) is 46.4 Å². The molecular weight excluding hydrogens is 854 g/mol. The number of nitrogens with zero attached hydrogens (tertiary/aromatic N) is 2. The summed E-state index contributed by atoms with van der Waals surface area (Å²) in [4.78, 5) is 61.0. The minimum Gasteiger partial charge on any atom is -0.321 e. The third-order valence-electron chi connectivity index (χ3n) is 10.2. The van der Waals surface area contributed by atoms with Crippen molar-refractivity contribution < 1.29 is 19.2 Å². The molecule has 4 aliphatic rings. The first-order valence-corrected chi connectivity index (χ1v) is 22.4. The normalized spacial score (nSPS) is 17.5. The lowest BCUT2D eigenvalue weighted by atomic mass is 10.0. The van der Waals surface area contributed by atoms with E-state index in [9.17, 15) is 19.2 Å². The quantitative estimate of drug-likeness (QED) is 0.130. The molecule has 2 atom stereocenters. The molecule has 0 saturated heterocycles. The lowest BCUT2D eigenvalue weighted by molar-refractivity contribution is -0.124. The summed E-state index contributed by atoms with van der Waals surface area (Å²) in [6.45, 7) is 4.09. The Kier molecular flexibility index (Phi) is 11.6. The van der Waals surface area contributed by atoms with Gasteiger partial charge >= 0.3 is 0 Å². The molecule has 2 unspecified atom stereocenters. The Labute approximate surface area is 363 Å². The summed E-state index contributed by atoms with van der Waals surface area (Å²) in [5.41, 5.74) is 5.62. The molecule has 4 heterocycles. The van der Waals surface area contributed by atoms with Crippen LogP contribution in [0.3, 0.4) is 0 Å². The number of nitrogens with one attached hydrogen (secondary N) is 2. The van der Waals surface area contributed by atoms with Crippen LogP contribution in [0.25, 0.3) is 22.8 Å². The van der Waals surface area contributed by atoms with Crippen LogP contribution in [0.1, 0.15) is 61.8 Å². The van der Waals surface area contributed by atoms with Gasteiger partial charge < -0.3 is 10.6 Å². The number of carbonyl (C=O) groups excluding carboxylic acids is 4. The zero-order valence-electron chi connectivity index (χ0n) is 31.1. The van der Waals surface area contributed by atoms with Gasteiger partial charge in [0.15, 0.2) is 0 Å². The number of fused-ring (bicyclic) bond motifs is 2. The summed E-state index contributed by atoms with van der Waals surface area (Å²) < 4.78 is 0. The van der Waals surface area contributed by atoms with Gasteiger partial charge in [-0.15, -0.1) is 0 Å². The molecule has 294 valence electrons. The molecule has 4 aromatic rings. The minimum absolute atomic E-state index is 0.291. The van der Waals surface area contributed by atoms with Gasteiger partial charge in [0.05, 0.1) is 55.8 Å². The van der Waals surface area contributed by atoms with Crippen molar-refractivity contribution in [2.75, 3.05) is 0 Å². The lowest BCUT2D eigenvalue weighted by Crippen LogP contribution is -2.37. The molecular formula is C44H34Cl4N4O4S2. The van der Waals surface area contributed by atoms with Crippen molar-refractivity contribution in [3.05, 3.63) is 162 Å². The van der Waals surface area contributed by atoms with E-state index in [-0.39, 0.29) is 23.6 Å². The van der Waals surface area contributed by atoms with Crippen molar-refractivity contribution in [3.63, 3.8) is 0 Å². The van der Waals surface area contributed by atoms with E-state index in [0.29, 0.717) is 100 Å². The summed E-state index contributed by atoms with van der Waals surface area (Å²) in [6, 6.07) is 28.2. The highest BCUT2D eigenvalue weighted by atomic mass is 35.5. The molecule has 0 aromatic heterocycles. The predicted octanol–water partition coefficient (Wildman–Crippen LogP) is 10.8. The SMILES string of the molecule is CCCC(SSC(CCC)N1C(=O)C2=C(c3ccc(Cl)cc3)NC(=O)C2=C1c1ccc(Cl)cc1)N1C(=O)C2=C(c3ccc(Cl)cc3)NC(=O)C2=C1c1ccc(Cl)cc1. The fraction of sp³-hybridized carbons (Fsp3) is 0.182. The summed E-state index contributed by atoms with van der Waals surface area (Å²) >= 11 is 25.0. The van der Waals surface area contributed by atoms with E-state index in [2.05, 4.69) is 10.6 Å². The van der Waals surface area contributed by atoms with E-state index in [0.717, 1.165) is 12.8 Å². The van der Waals surface area contributed by atoms with Crippen molar-refractivity contribution in [1.82, 2.24) is 20.4 Å². The zero-order valence-corrected chi connectivity index (χ0v) is 35.7. The van der Waals surface area contributed by atoms with Gasteiger partial charge in [-0.1, -0.05) is 143 Å². The van der Waals surface area contributed by atoms with Crippen LogP contribution in [0.15, 0.2) is 119 Å². The molecule has 4 aromatic carbocycles. The highest BCUT2D eigenvalue weighted by molar-refractivity contribution is 8.77. The molecule has 0 aliphatic carbocycles. The van der Waals surface area contributed by atoms with Crippen molar-refractivity contribution in [2.45, 2.75) is 50.3 Å². The highest BCUT2D eigenvalue weighted by Gasteiger charge is 2.50. The highest BCUT2D eigenvalue weighted by Crippen LogP contribution is 2.51. The number of hydrogen-bond acceptors (Lipinski definition) is 6. The molecule has 58 heavy (non-hydrogen) atoms. The second-order valence-electron chi connectivity index (χ2n) is 13.9. The van der Waals surface area contributed by atoms with E-state index in [1.165, 1.54) is 21.6 Å². The Balaban J connectivity index is 1.20. The van der Waals surface area contributed by atoms with Crippen LogP contribution in [0, 0.1) is 0 Å². The van der Waals surface area contributed by atoms with Crippen molar-refractivity contribution >= 4 is 114 Å². The van der Waals surface area contributed by atoms with Crippen LogP contribution in [0.4, 0.5) is 0 Å². The van der Waals surface area contributed by atoms with Crippen LogP contribution in [-0.2, 0) is 19.2 Å². The van der Waals surface area contributed by atoms with Crippen LogP contribution in [0.5, 0.6) is 0 Å². The van der Waals surface area contributed by atoms with Gasteiger partial charge in [0, 0.05) is 20.1 Å². The molecule has 2 N–H and O–H groups in total. The van der Waals surface area contributed by atoms with Gasteiger partial charge in [0.2, 0.25) is 0 Å². The number of rotatable bonds is 13. The van der Waals surface area contributed by atoms with Gasteiger partial charge in [-0.2, -0.15) is 0 Å². The number of benzene rings is 4. The molecule has 0 spiro atoms. The molecule has 14 heteroatoms. The number of carbonyl (C=O) groups is 4. The second kappa shape index (κ2) is 16.7. The van der Waals surface area contributed by atoms with Gasteiger partial charge in [-0.05, 0) is 83.6 Å². The van der Waals surface area contributed by atoms with E-state index < -0.39 is 10.7 Å². The third-order valence-corrected chi connectivity index (χ3v) is 14.3. The van der Waals surface area contributed by atoms with Gasteiger partial charge in [-0.25, -0.2) is 0 Å². The van der Waals surface area contributed by atoms with Gasteiger partial charge in [0.1, 0.15) is 0 Å². The fourth-order valence-corrected chi connectivity index (χ4v) is 11.4. The van der Waals surface area contributed by atoms with Crippen LogP contribution in [-0.4, -0.2) is 44.2 Å². The standard InChI is InChI=1S/C44H34Cl4N4O4S2/c1-3-5-31(51-39(25-11-19-29(47)20-12-25)35-33(43(51)55)37(49-41(35)53)23-7-15-27(45)16-8-23)57-58-32(6-4-2)52-40(26-13-21-30(48)22-14-26)36-34(44(52)56)38(50-42(36)54)24-9-17-28(46)18-10-24/h7-22,31-32H,3-6H2,1-2H3,(H,49,53)(H,50,54). The maximum absolute atomic E-state index is 14.9. The molecule has 8 nitrogen and oxygen atoms in total. The lowest BCUT2D eigenvalue weighted by Gasteiger charge is -2.34. The Morgan fingerprint density at radius 1 is 0.466 bits per heavy atom. The maximum atomic E-state index is 14.9. The molecule has 0 fully saturated rings. The molecule has 4 amide bonds. The van der Waals surface area contributed by atoms with Crippen LogP contribution in [0.2, 0.25) is 20.1 Å². The Morgan fingerprint density at radius 3 is 1.05 bits per heavy atom. The molecule has 0 saturated carbocycles. The van der Waals surface area contributed by atoms with Crippen LogP contribution < -0.4 is 10.6 Å². The number of hydrogen-bond donors (Lipinski definition) is 2. The molecule has 8 rings (SSSR count). The van der Waals surface area contributed by atoms with Gasteiger partial charge in [0.25, 0.3) is 23.6 Å². The summed E-state index contributed by atoms with van der Waals surface area (Å²) in [5, 5.41) is 7.07. The fourth-order valence-electron chi connectivity index (χ4n) is 7.58. The van der Waals surface area contributed by atoms with E-state index >= 15 is 0 Å². The maximum Gasteiger partial charge on any atom is 0.262 e. The van der Waals surface area contributed by atoms with Gasteiger partial charge in [-0.3, -0.25) is 29.0 Å². The Hall–Kier alpha value is -4.42. The Morgan fingerprint density at radius 2 is 0.759 bits per heavy atom. The first-order chi connectivity index (χ1) is 28.0. The Bertz CT molecular complexity index is 2320. The number of amides is 4. The van der Waals surface area contributed by atoms with Crippen LogP contribution >= 0.6 is 68.0 Å². The largest absolute Gasteiger partial charge is 0.321 e. The molecule has 0 bridgehead atoms. The summed E-state index contributed by atoms with van der Waals surface area (Å²) in [6.07, 6.45) is 2.59. The third kappa shape index (κ3) is 7.29. The van der Waals surface area contributed by atoms with Crippen molar-refractivity contribution in [1.29, 1.82) is 0 Å². The minimum atomic E-state index is -0.464. The topological polar surface area (TPSA) is 98.8 Å². The number of halogens is 4. The first-order valence-electron chi connectivity index (χ1n) is 18.6. The first kappa shape index (κ1) is 40.4. The molecule has 0 radical (unpaired) electrons. The average molecular weight is 889 g/mol. The predicted molar refractivity (Wildman–Crippen MR) is 236 cm³/mol. The van der Waals surface area contributed by atoms with Crippen molar-refractivity contribution in [3.8, 4) is 0 Å². The summed E-state index contributed by atoms with van der Waals surface area (Å²) in [7, 11) is 2.95. The summed E-state index contributed by atoms with van der Waals surface area (Å²) in [5.74, 6) is -1.39. The second-order valence-corrected chi connectivity index (χ2v) is 18.3. The van der Waals surface area contributed by atoms with Crippen molar-refractivity contribution in [2.24, 2.45) is 0 Å². The smallest absolute Gasteiger partial charge is 0.262 e. The monoisotopic (exact) mass is 886 g/mol. The van der Waals surface area contributed by atoms with E-state index in [1.807, 2.05) is 38.1 Å².